The van der Waals surface area contributed by atoms with Crippen molar-refractivity contribution in [2.45, 2.75) is 26.7 Å². The molecule has 3 nitrogen and oxygen atoms in total. The molecule has 0 aromatic rings. The van der Waals surface area contributed by atoms with Gasteiger partial charge in [0, 0.05) is 19.6 Å². The number of hydrogen-bond acceptors (Lipinski definition) is 2. The van der Waals surface area contributed by atoms with Crippen LogP contribution in [0.25, 0.3) is 0 Å². The molecule has 0 aliphatic carbocycles. The van der Waals surface area contributed by atoms with Crippen LogP contribution < -0.4 is 0 Å². The molecule has 0 bridgehead atoms. The van der Waals surface area contributed by atoms with E-state index in [2.05, 4.69) is 11.9 Å². The van der Waals surface area contributed by atoms with Crippen LogP contribution in [0.3, 0.4) is 0 Å². The summed E-state index contributed by atoms with van der Waals surface area (Å²) in [6.45, 7) is 7.87. The second-order valence-electron chi connectivity index (χ2n) is 4.11. The first-order valence-electron chi connectivity index (χ1n) is 5.66. The fourth-order valence-electron chi connectivity index (χ4n) is 2.16. The van der Waals surface area contributed by atoms with Crippen LogP contribution in [-0.4, -0.2) is 48.9 Å². The molecule has 14 heavy (non-hydrogen) atoms. The van der Waals surface area contributed by atoms with Crippen molar-refractivity contribution in [1.82, 2.24) is 9.80 Å². The van der Waals surface area contributed by atoms with Crippen molar-refractivity contribution >= 4 is 5.91 Å². The van der Waals surface area contributed by atoms with Gasteiger partial charge >= 0.3 is 0 Å². The van der Waals surface area contributed by atoms with Gasteiger partial charge in [-0.15, -0.1) is 0 Å². The van der Waals surface area contributed by atoms with E-state index in [1.807, 2.05) is 18.7 Å². The Morgan fingerprint density at radius 3 is 2.57 bits per heavy atom. The van der Waals surface area contributed by atoms with E-state index < -0.39 is 0 Å². The summed E-state index contributed by atoms with van der Waals surface area (Å²) < 4.78 is 0. The van der Waals surface area contributed by atoms with Gasteiger partial charge < -0.3 is 9.80 Å². The Morgan fingerprint density at radius 2 is 2.07 bits per heavy atom. The molecule has 1 fully saturated rings. The van der Waals surface area contributed by atoms with Crippen LogP contribution in [0.5, 0.6) is 0 Å². The summed E-state index contributed by atoms with van der Waals surface area (Å²) in [6.07, 6.45) is 2.23. The van der Waals surface area contributed by atoms with Crippen molar-refractivity contribution in [1.29, 1.82) is 0 Å². The minimum atomic E-state index is 0.244. The van der Waals surface area contributed by atoms with Gasteiger partial charge in [-0.2, -0.15) is 0 Å². The summed E-state index contributed by atoms with van der Waals surface area (Å²) in [6, 6.07) is 0. The summed E-state index contributed by atoms with van der Waals surface area (Å²) >= 11 is 0. The van der Waals surface area contributed by atoms with E-state index in [1.54, 1.807) is 0 Å². The highest BCUT2D eigenvalue weighted by Crippen LogP contribution is 2.17. The zero-order chi connectivity index (χ0) is 10.6. The second kappa shape index (κ2) is 5.35. The minimum Gasteiger partial charge on any atom is -0.343 e. The number of nitrogens with zero attached hydrogens (tertiary/aromatic N) is 2. The molecule has 1 rings (SSSR count). The number of hydrogen-bond donors (Lipinski definition) is 0. The molecule has 0 spiro atoms. The van der Waals surface area contributed by atoms with Gasteiger partial charge in [-0.1, -0.05) is 0 Å². The molecule has 0 aromatic heterocycles. The van der Waals surface area contributed by atoms with Gasteiger partial charge in [0.25, 0.3) is 0 Å². The Kier molecular flexibility index (Phi) is 4.39. The Balaban J connectivity index is 2.50. The van der Waals surface area contributed by atoms with Crippen molar-refractivity contribution in [3.63, 3.8) is 0 Å². The zero-order valence-corrected chi connectivity index (χ0v) is 9.62. The highest BCUT2D eigenvalue weighted by Gasteiger charge is 2.26. The molecular formula is C11H22N2O. The number of carbonyl (C=O) groups is 1. The van der Waals surface area contributed by atoms with Gasteiger partial charge in [-0.25, -0.2) is 0 Å². The fourth-order valence-corrected chi connectivity index (χ4v) is 2.16. The van der Waals surface area contributed by atoms with Crippen LogP contribution in [0.2, 0.25) is 0 Å². The van der Waals surface area contributed by atoms with E-state index in [0.29, 0.717) is 5.91 Å². The van der Waals surface area contributed by atoms with E-state index in [1.165, 1.54) is 0 Å². The largest absolute Gasteiger partial charge is 0.343 e. The number of rotatable bonds is 3. The lowest BCUT2D eigenvalue weighted by Crippen LogP contribution is -2.43. The van der Waals surface area contributed by atoms with Gasteiger partial charge in [0.05, 0.1) is 5.92 Å². The third kappa shape index (κ3) is 2.71. The average molecular weight is 198 g/mol. The molecule has 1 aliphatic heterocycles. The molecule has 1 unspecified atom stereocenters. The Bertz CT molecular complexity index is 190. The average Bonchev–Trinajstić information content (AvgIpc) is 2.19. The second-order valence-corrected chi connectivity index (χ2v) is 4.11. The lowest BCUT2D eigenvalue weighted by atomic mass is 9.97. The first-order valence-corrected chi connectivity index (χ1v) is 5.66. The number of carbonyl (C=O) groups excluding carboxylic acids is 1. The summed E-state index contributed by atoms with van der Waals surface area (Å²) in [5.74, 6) is 0.593. The zero-order valence-electron chi connectivity index (χ0n) is 9.62. The maximum Gasteiger partial charge on any atom is 0.226 e. The van der Waals surface area contributed by atoms with E-state index in [0.717, 1.165) is 39.0 Å². The van der Waals surface area contributed by atoms with Gasteiger partial charge in [-0.05, 0) is 40.3 Å². The molecule has 0 radical (unpaired) electrons. The Hall–Kier alpha value is -0.570. The number of likely N-dealkylation sites (tertiary alicyclic amines) is 1. The molecule has 82 valence electrons. The normalized spacial score (nSPS) is 23.5. The van der Waals surface area contributed by atoms with Crippen molar-refractivity contribution in [2.75, 3.05) is 33.2 Å². The monoisotopic (exact) mass is 198 g/mol. The van der Waals surface area contributed by atoms with Crippen molar-refractivity contribution < 1.29 is 4.79 Å². The molecular weight excluding hydrogens is 176 g/mol. The third-order valence-corrected chi connectivity index (χ3v) is 3.05. The minimum absolute atomic E-state index is 0.244. The standard InChI is InChI=1S/C11H22N2O/c1-4-13(5-2)11(14)10-7-6-8-12(3)9-10/h10H,4-9H2,1-3H3. The molecule has 1 amide bonds. The van der Waals surface area contributed by atoms with Crippen LogP contribution in [-0.2, 0) is 4.79 Å². The van der Waals surface area contributed by atoms with E-state index in [4.69, 9.17) is 0 Å². The van der Waals surface area contributed by atoms with Gasteiger partial charge in [-0.3, -0.25) is 4.79 Å². The SMILES string of the molecule is CCN(CC)C(=O)C1CCCN(C)C1. The Morgan fingerprint density at radius 1 is 1.43 bits per heavy atom. The highest BCUT2D eigenvalue weighted by atomic mass is 16.2. The molecule has 0 saturated carbocycles. The summed E-state index contributed by atoms with van der Waals surface area (Å²) in [4.78, 5) is 16.2. The highest BCUT2D eigenvalue weighted by molar-refractivity contribution is 5.79. The predicted molar refractivity (Wildman–Crippen MR) is 58.1 cm³/mol. The van der Waals surface area contributed by atoms with E-state index in [9.17, 15) is 4.79 Å². The third-order valence-electron chi connectivity index (χ3n) is 3.05. The van der Waals surface area contributed by atoms with Crippen LogP contribution in [0.4, 0.5) is 0 Å². The molecule has 0 aromatic carbocycles. The molecule has 0 N–H and O–H groups in total. The van der Waals surface area contributed by atoms with Crippen LogP contribution in [0, 0.1) is 5.92 Å². The molecule has 1 saturated heterocycles. The van der Waals surface area contributed by atoms with Crippen molar-refractivity contribution in [2.24, 2.45) is 5.92 Å². The predicted octanol–water partition coefficient (Wildman–Crippen LogP) is 1.20. The lowest BCUT2D eigenvalue weighted by molar-refractivity contribution is -0.136. The lowest BCUT2D eigenvalue weighted by Gasteiger charge is -2.32. The summed E-state index contributed by atoms with van der Waals surface area (Å²) in [5.41, 5.74) is 0. The fraction of sp³-hybridized carbons (Fsp3) is 0.909. The van der Waals surface area contributed by atoms with Gasteiger partial charge in [0.1, 0.15) is 0 Å². The number of piperidine rings is 1. The number of amides is 1. The maximum atomic E-state index is 12.0. The summed E-state index contributed by atoms with van der Waals surface area (Å²) in [5, 5.41) is 0. The van der Waals surface area contributed by atoms with Crippen LogP contribution in [0.1, 0.15) is 26.7 Å². The van der Waals surface area contributed by atoms with Crippen molar-refractivity contribution in [3.8, 4) is 0 Å². The van der Waals surface area contributed by atoms with Crippen molar-refractivity contribution in [3.05, 3.63) is 0 Å². The van der Waals surface area contributed by atoms with Crippen LogP contribution >= 0.6 is 0 Å². The maximum absolute atomic E-state index is 12.0. The smallest absolute Gasteiger partial charge is 0.226 e. The van der Waals surface area contributed by atoms with E-state index in [-0.39, 0.29) is 5.92 Å². The first kappa shape index (κ1) is 11.5. The molecule has 1 aliphatic rings. The van der Waals surface area contributed by atoms with Gasteiger partial charge in [0.15, 0.2) is 0 Å². The van der Waals surface area contributed by atoms with Gasteiger partial charge in [0.2, 0.25) is 5.91 Å². The van der Waals surface area contributed by atoms with Crippen LogP contribution in [0.15, 0.2) is 0 Å². The van der Waals surface area contributed by atoms with E-state index >= 15 is 0 Å². The molecule has 1 heterocycles. The quantitative estimate of drug-likeness (QED) is 0.680. The topological polar surface area (TPSA) is 23.6 Å². The molecule has 1 atom stereocenters. The molecule has 3 heteroatoms. The first-order chi connectivity index (χ1) is 6.69. The Labute approximate surface area is 87.1 Å². The summed E-state index contributed by atoms with van der Waals surface area (Å²) in [7, 11) is 2.10.